The van der Waals surface area contributed by atoms with E-state index in [-0.39, 0.29) is 22.8 Å². The fraction of sp³-hybridized carbons (Fsp3) is 0.800. The van der Waals surface area contributed by atoms with Crippen molar-refractivity contribution in [2.45, 2.75) is 51.7 Å². The zero-order chi connectivity index (χ0) is 17.0. The van der Waals surface area contributed by atoms with E-state index in [4.69, 9.17) is 0 Å². The van der Waals surface area contributed by atoms with Crippen molar-refractivity contribution in [1.82, 2.24) is 14.5 Å². The first-order valence-corrected chi connectivity index (χ1v) is 10.7. The highest BCUT2D eigenvalue weighted by molar-refractivity contribution is 7.92. The van der Waals surface area contributed by atoms with Gasteiger partial charge in [-0.1, -0.05) is 31.7 Å². The first-order chi connectivity index (χ1) is 10.8. The van der Waals surface area contributed by atoms with Gasteiger partial charge < -0.3 is 4.90 Å². The summed E-state index contributed by atoms with van der Waals surface area (Å²) in [6.45, 7) is 6.86. The van der Waals surface area contributed by atoms with E-state index in [1.807, 2.05) is 20.8 Å². The molecule has 1 aromatic heterocycles. The third kappa shape index (κ3) is 4.50. The Labute approximate surface area is 142 Å². The molecule has 0 N–H and O–H groups in total. The van der Waals surface area contributed by atoms with Crippen LogP contribution in [0, 0.1) is 5.92 Å². The van der Waals surface area contributed by atoms with E-state index in [0.29, 0.717) is 30.8 Å². The van der Waals surface area contributed by atoms with Crippen LogP contribution >= 0.6 is 11.5 Å². The second-order valence-electron chi connectivity index (χ2n) is 6.51. The molecule has 0 unspecified atom stereocenters. The smallest absolute Gasteiger partial charge is 0.267 e. The summed E-state index contributed by atoms with van der Waals surface area (Å²) in [5.41, 5.74) is 0.761. The zero-order valence-electron chi connectivity index (χ0n) is 14.0. The third-order valence-corrected chi connectivity index (χ3v) is 7.41. The highest BCUT2D eigenvalue weighted by atomic mass is 32.2. The largest absolute Gasteiger partial charge is 0.338 e. The van der Waals surface area contributed by atoms with Crippen molar-refractivity contribution < 1.29 is 13.2 Å². The van der Waals surface area contributed by atoms with E-state index >= 15 is 0 Å². The normalized spacial score (nSPS) is 17.0. The Morgan fingerprint density at radius 2 is 2.00 bits per heavy atom. The summed E-state index contributed by atoms with van der Waals surface area (Å²) in [4.78, 5) is 15.0. The molecule has 1 fully saturated rings. The number of aromatic nitrogens is 2. The molecule has 0 aliphatic carbocycles. The Morgan fingerprint density at radius 3 is 2.57 bits per heavy atom. The molecule has 0 spiro atoms. The lowest BCUT2D eigenvalue weighted by atomic mass is 10.1. The summed E-state index contributed by atoms with van der Waals surface area (Å²) < 4.78 is 28.5. The van der Waals surface area contributed by atoms with Crippen molar-refractivity contribution in [3.8, 4) is 0 Å². The van der Waals surface area contributed by atoms with Gasteiger partial charge in [-0.25, -0.2) is 8.42 Å². The number of nitrogens with zero attached hydrogens (tertiary/aromatic N) is 3. The van der Waals surface area contributed by atoms with Crippen LogP contribution in [0.25, 0.3) is 0 Å². The Hall–Kier alpha value is -1.02. The van der Waals surface area contributed by atoms with E-state index < -0.39 is 9.84 Å². The number of hydrogen-bond donors (Lipinski definition) is 0. The fourth-order valence-electron chi connectivity index (χ4n) is 2.93. The minimum Gasteiger partial charge on any atom is -0.338 e. The van der Waals surface area contributed by atoms with Crippen molar-refractivity contribution in [2.24, 2.45) is 5.92 Å². The van der Waals surface area contributed by atoms with Crippen LogP contribution < -0.4 is 0 Å². The number of piperidine rings is 1. The second-order valence-corrected chi connectivity index (χ2v) is 9.59. The molecule has 1 saturated heterocycles. The molecular formula is C15H25N3O3S2. The molecule has 6 nitrogen and oxygen atoms in total. The van der Waals surface area contributed by atoms with Crippen molar-refractivity contribution in [1.29, 1.82) is 0 Å². The predicted molar refractivity (Wildman–Crippen MR) is 91.5 cm³/mol. The molecule has 0 aromatic carbocycles. The summed E-state index contributed by atoms with van der Waals surface area (Å²) in [6.07, 6.45) is 2.71. The molecule has 0 bridgehead atoms. The van der Waals surface area contributed by atoms with Gasteiger partial charge in [0, 0.05) is 13.1 Å². The summed E-state index contributed by atoms with van der Waals surface area (Å²) >= 11 is 1.14. The topological polar surface area (TPSA) is 80.2 Å². The molecule has 1 aliphatic heterocycles. The highest BCUT2D eigenvalue weighted by Crippen LogP contribution is 2.23. The van der Waals surface area contributed by atoms with Crippen LogP contribution in [0.5, 0.6) is 0 Å². The monoisotopic (exact) mass is 359 g/mol. The first kappa shape index (κ1) is 18.3. The fourth-order valence-corrected chi connectivity index (χ4v) is 5.74. The zero-order valence-corrected chi connectivity index (χ0v) is 15.6. The van der Waals surface area contributed by atoms with E-state index in [9.17, 15) is 13.2 Å². The van der Waals surface area contributed by atoms with Gasteiger partial charge in [-0.2, -0.15) is 0 Å². The molecule has 0 atom stereocenters. The minimum absolute atomic E-state index is 0.0526. The quantitative estimate of drug-likeness (QED) is 0.777. The molecule has 2 heterocycles. The number of carbonyl (C=O) groups excluding carboxylic acids is 1. The van der Waals surface area contributed by atoms with Gasteiger partial charge in [0.15, 0.2) is 9.84 Å². The highest BCUT2D eigenvalue weighted by Gasteiger charge is 2.33. The van der Waals surface area contributed by atoms with Gasteiger partial charge in [0.1, 0.15) is 4.88 Å². The lowest BCUT2D eigenvalue weighted by molar-refractivity contribution is 0.0729. The molecule has 1 aromatic rings. The third-order valence-electron chi connectivity index (χ3n) is 4.04. The van der Waals surface area contributed by atoms with E-state index in [2.05, 4.69) is 9.59 Å². The number of likely N-dealkylation sites (tertiary alicyclic amines) is 1. The van der Waals surface area contributed by atoms with Crippen molar-refractivity contribution in [3.63, 3.8) is 0 Å². The van der Waals surface area contributed by atoms with Gasteiger partial charge in [0.2, 0.25) is 0 Å². The Morgan fingerprint density at radius 1 is 1.35 bits per heavy atom. The van der Waals surface area contributed by atoms with Crippen LogP contribution in [0.4, 0.5) is 0 Å². The maximum atomic E-state index is 12.6. The molecule has 0 radical (unpaired) electrons. The average Bonchev–Trinajstić information content (AvgIpc) is 2.94. The molecule has 23 heavy (non-hydrogen) atoms. The average molecular weight is 360 g/mol. The van der Waals surface area contributed by atoms with Crippen LogP contribution in [0.15, 0.2) is 0 Å². The minimum atomic E-state index is -3.06. The maximum Gasteiger partial charge on any atom is 0.267 e. The van der Waals surface area contributed by atoms with Crippen molar-refractivity contribution in [3.05, 3.63) is 10.6 Å². The first-order valence-electron chi connectivity index (χ1n) is 8.17. The SMILES string of the molecule is CCCc1nnsc1C(=O)N1CCC(S(=O)(=O)CC(C)C)CC1. The van der Waals surface area contributed by atoms with Crippen LogP contribution in [0.1, 0.15) is 55.4 Å². The second kappa shape index (κ2) is 7.70. The van der Waals surface area contributed by atoms with E-state index in [0.717, 1.165) is 30.1 Å². The number of rotatable bonds is 6. The van der Waals surface area contributed by atoms with Crippen LogP contribution in [-0.2, 0) is 16.3 Å². The van der Waals surface area contributed by atoms with Gasteiger partial charge in [-0.3, -0.25) is 4.79 Å². The lowest BCUT2D eigenvalue weighted by Crippen LogP contribution is -2.43. The van der Waals surface area contributed by atoms with E-state index in [1.165, 1.54) is 0 Å². The van der Waals surface area contributed by atoms with Crippen LogP contribution in [-0.4, -0.2) is 52.9 Å². The number of carbonyl (C=O) groups is 1. The molecule has 8 heteroatoms. The molecule has 1 aliphatic rings. The molecule has 2 rings (SSSR count). The van der Waals surface area contributed by atoms with Gasteiger partial charge in [0.05, 0.1) is 16.7 Å². The Balaban J connectivity index is 1.99. The lowest BCUT2D eigenvalue weighted by Gasteiger charge is -2.31. The number of sulfone groups is 1. The number of aryl methyl sites for hydroxylation is 1. The molecule has 1 amide bonds. The predicted octanol–water partition coefficient (Wildman–Crippen LogP) is 2.17. The Kier molecular flexibility index (Phi) is 6.13. The summed E-state index contributed by atoms with van der Waals surface area (Å²) in [7, 11) is -3.06. The summed E-state index contributed by atoms with van der Waals surface area (Å²) in [5, 5.41) is 3.72. The number of amides is 1. The van der Waals surface area contributed by atoms with Gasteiger partial charge in [-0.05, 0) is 36.7 Å². The standard InChI is InChI=1S/C15H25N3O3S2/c1-4-5-13-14(22-17-16-13)15(19)18-8-6-12(7-9-18)23(20,21)10-11(2)3/h11-12H,4-10H2,1-3H3. The van der Waals surface area contributed by atoms with Crippen molar-refractivity contribution in [2.75, 3.05) is 18.8 Å². The van der Waals surface area contributed by atoms with Gasteiger partial charge >= 0.3 is 0 Å². The Bertz CT molecular complexity index is 632. The van der Waals surface area contributed by atoms with Crippen LogP contribution in [0.2, 0.25) is 0 Å². The van der Waals surface area contributed by atoms with Crippen LogP contribution in [0.3, 0.4) is 0 Å². The molecule has 130 valence electrons. The van der Waals surface area contributed by atoms with Gasteiger partial charge in [0.25, 0.3) is 5.91 Å². The molecule has 0 saturated carbocycles. The summed E-state index contributed by atoms with van der Waals surface area (Å²) in [6, 6.07) is 0. The van der Waals surface area contributed by atoms with E-state index in [1.54, 1.807) is 4.90 Å². The number of hydrogen-bond acceptors (Lipinski definition) is 6. The van der Waals surface area contributed by atoms with Gasteiger partial charge in [-0.15, -0.1) is 5.10 Å². The van der Waals surface area contributed by atoms with Crippen molar-refractivity contribution >= 4 is 27.3 Å². The molecular weight excluding hydrogens is 334 g/mol. The summed E-state index contributed by atoms with van der Waals surface area (Å²) in [5.74, 6) is 0.313. The maximum absolute atomic E-state index is 12.6.